The lowest BCUT2D eigenvalue weighted by Crippen LogP contribution is -2.29. The van der Waals surface area contributed by atoms with E-state index < -0.39 is 11.6 Å². The van der Waals surface area contributed by atoms with Crippen molar-refractivity contribution in [2.75, 3.05) is 6.61 Å². The second-order valence-corrected chi connectivity index (χ2v) is 10.4. The Morgan fingerprint density at radius 3 is 2.44 bits per heavy atom. The molecule has 0 bridgehead atoms. The Morgan fingerprint density at radius 1 is 1.00 bits per heavy atom. The van der Waals surface area contributed by atoms with E-state index in [0.29, 0.717) is 24.2 Å². The van der Waals surface area contributed by atoms with Gasteiger partial charge in [-0.15, -0.1) is 6.58 Å². The molecule has 1 aliphatic heterocycles. The molecule has 3 heteroatoms. The van der Waals surface area contributed by atoms with E-state index in [2.05, 4.69) is 25.7 Å². The molecule has 3 aliphatic rings. The Hall–Kier alpha value is -1.48. The fraction of sp³-hybridized carbons (Fsp3) is 0.655. The molecule has 1 aromatic carbocycles. The molecule has 32 heavy (non-hydrogen) atoms. The van der Waals surface area contributed by atoms with Crippen LogP contribution < -0.4 is 0 Å². The van der Waals surface area contributed by atoms with Gasteiger partial charge >= 0.3 is 0 Å². The zero-order chi connectivity index (χ0) is 22.5. The molecule has 0 radical (unpaired) electrons. The molecule has 1 saturated carbocycles. The maximum Gasteiger partial charge on any atom is 0.162 e. The van der Waals surface area contributed by atoms with Gasteiger partial charge in [0.2, 0.25) is 0 Å². The molecule has 0 amide bonds. The van der Waals surface area contributed by atoms with E-state index in [1.165, 1.54) is 44.1 Å². The van der Waals surface area contributed by atoms with Gasteiger partial charge in [-0.05, 0) is 105 Å². The molecule has 1 heterocycles. The Morgan fingerprint density at radius 2 is 1.81 bits per heavy atom. The molecule has 176 valence electrons. The molecule has 2 fully saturated rings. The van der Waals surface area contributed by atoms with Crippen molar-refractivity contribution >= 4 is 0 Å². The van der Waals surface area contributed by atoms with Crippen molar-refractivity contribution in [2.45, 2.75) is 96.0 Å². The fourth-order valence-corrected chi connectivity index (χ4v) is 6.22. The number of unbranched alkanes of at least 4 members (excludes halogenated alkanes) is 1. The van der Waals surface area contributed by atoms with Gasteiger partial charge in [-0.2, -0.15) is 0 Å². The van der Waals surface area contributed by atoms with Gasteiger partial charge in [0, 0.05) is 5.92 Å². The van der Waals surface area contributed by atoms with Crippen LogP contribution in [0, 0.1) is 29.4 Å². The van der Waals surface area contributed by atoms with Crippen molar-refractivity contribution in [1.29, 1.82) is 0 Å². The SMILES string of the molecule is C=CC1CCC(C2CC=C(C3CC[C@@H](c4ccc(CCCC)c(F)c4F)CO3)CC2)CC1. The van der Waals surface area contributed by atoms with E-state index in [9.17, 15) is 8.78 Å². The molecule has 0 aromatic heterocycles. The topological polar surface area (TPSA) is 9.23 Å². The molecule has 2 unspecified atom stereocenters. The van der Waals surface area contributed by atoms with Gasteiger partial charge in [0.15, 0.2) is 11.6 Å². The van der Waals surface area contributed by atoms with Gasteiger partial charge in [0.1, 0.15) is 0 Å². The van der Waals surface area contributed by atoms with Crippen LogP contribution in [0.25, 0.3) is 0 Å². The summed E-state index contributed by atoms with van der Waals surface area (Å²) in [6.45, 7) is 6.52. The minimum absolute atomic E-state index is 0.0436. The zero-order valence-electron chi connectivity index (χ0n) is 19.8. The van der Waals surface area contributed by atoms with Crippen LogP contribution in [0.5, 0.6) is 0 Å². The first-order valence-electron chi connectivity index (χ1n) is 13.0. The summed E-state index contributed by atoms with van der Waals surface area (Å²) in [4.78, 5) is 0. The molecule has 0 N–H and O–H groups in total. The van der Waals surface area contributed by atoms with Gasteiger partial charge in [-0.25, -0.2) is 8.78 Å². The highest BCUT2D eigenvalue weighted by atomic mass is 19.2. The first-order chi connectivity index (χ1) is 15.6. The molecule has 1 nitrogen and oxygen atoms in total. The molecular formula is C29H40F2O. The molecular weight excluding hydrogens is 402 g/mol. The average Bonchev–Trinajstić information content (AvgIpc) is 2.85. The van der Waals surface area contributed by atoms with Crippen molar-refractivity contribution in [1.82, 2.24) is 0 Å². The first-order valence-corrected chi connectivity index (χ1v) is 13.0. The largest absolute Gasteiger partial charge is 0.373 e. The third kappa shape index (κ3) is 5.35. The number of benzene rings is 1. The van der Waals surface area contributed by atoms with E-state index in [0.717, 1.165) is 49.9 Å². The van der Waals surface area contributed by atoms with Crippen LogP contribution in [0.1, 0.15) is 94.6 Å². The van der Waals surface area contributed by atoms with Crippen molar-refractivity contribution in [3.63, 3.8) is 0 Å². The van der Waals surface area contributed by atoms with Gasteiger partial charge in [0.05, 0.1) is 12.7 Å². The third-order valence-electron chi connectivity index (χ3n) is 8.42. The quantitative estimate of drug-likeness (QED) is 0.386. The molecule has 1 aromatic rings. The number of hydrogen-bond donors (Lipinski definition) is 0. The highest BCUT2D eigenvalue weighted by Gasteiger charge is 2.32. The van der Waals surface area contributed by atoms with Crippen molar-refractivity contribution in [3.8, 4) is 0 Å². The summed E-state index contributed by atoms with van der Waals surface area (Å²) in [6, 6.07) is 3.57. The Bertz CT molecular complexity index is 798. The smallest absolute Gasteiger partial charge is 0.162 e. The summed E-state index contributed by atoms with van der Waals surface area (Å²) in [5, 5.41) is 0. The molecule has 2 aliphatic carbocycles. The number of aryl methyl sites for hydroxylation is 1. The summed E-state index contributed by atoms with van der Waals surface area (Å²) < 4.78 is 35.5. The van der Waals surface area contributed by atoms with E-state index in [4.69, 9.17) is 4.74 Å². The third-order valence-corrected chi connectivity index (χ3v) is 8.42. The fourth-order valence-electron chi connectivity index (χ4n) is 6.22. The van der Waals surface area contributed by atoms with Crippen LogP contribution in [-0.4, -0.2) is 12.7 Å². The lowest BCUT2D eigenvalue weighted by Gasteiger charge is -2.37. The van der Waals surface area contributed by atoms with E-state index in [1.54, 1.807) is 12.1 Å². The second kappa shape index (κ2) is 11.1. The van der Waals surface area contributed by atoms with Crippen molar-refractivity contribution < 1.29 is 13.5 Å². The van der Waals surface area contributed by atoms with Crippen LogP contribution in [0.2, 0.25) is 0 Å². The zero-order valence-corrected chi connectivity index (χ0v) is 19.8. The van der Waals surface area contributed by atoms with Gasteiger partial charge in [-0.3, -0.25) is 0 Å². The number of rotatable bonds is 7. The van der Waals surface area contributed by atoms with Crippen LogP contribution >= 0.6 is 0 Å². The Kier molecular flexibility index (Phi) is 8.21. The van der Waals surface area contributed by atoms with Crippen LogP contribution in [0.3, 0.4) is 0 Å². The Labute approximate surface area is 193 Å². The summed E-state index contributed by atoms with van der Waals surface area (Å²) in [7, 11) is 0. The van der Waals surface area contributed by atoms with Gasteiger partial charge in [-0.1, -0.05) is 37.6 Å². The lowest BCUT2D eigenvalue weighted by molar-refractivity contribution is 0.0210. The summed E-state index contributed by atoms with van der Waals surface area (Å²) in [6.07, 6.45) is 17.9. The Balaban J connectivity index is 1.29. The van der Waals surface area contributed by atoms with Crippen LogP contribution in [-0.2, 0) is 11.2 Å². The highest BCUT2D eigenvalue weighted by molar-refractivity contribution is 5.30. The summed E-state index contributed by atoms with van der Waals surface area (Å²) in [5.74, 6) is 1.08. The van der Waals surface area contributed by atoms with Crippen LogP contribution in [0.4, 0.5) is 8.78 Å². The van der Waals surface area contributed by atoms with Crippen molar-refractivity contribution in [3.05, 3.63) is 59.2 Å². The monoisotopic (exact) mass is 442 g/mol. The standard InChI is InChI=1S/C29H40F2O/c1-3-5-6-24-15-17-26(29(31)28(24)30)25-16-18-27(32-19-25)23-13-11-22(12-14-23)21-9-7-20(4-2)8-10-21/h4,13,15,17,20-22,25,27H,2-3,5-12,14,16,18-19H2,1H3/t20?,21?,22?,25-,27?/m1/s1. The van der Waals surface area contributed by atoms with Gasteiger partial charge in [0.25, 0.3) is 0 Å². The number of allylic oxidation sites excluding steroid dienone is 2. The maximum atomic E-state index is 14.7. The number of hydrogen-bond acceptors (Lipinski definition) is 1. The normalized spacial score (nSPS) is 31.2. The highest BCUT2D eigenvalue weighted by Crippen LogP contribution is 2.42. The van der Waals surface area contributed by atoms with E-state index in [1.807, 2.05) is 0 Å². The maximum absolute atomic E-state index is 14.7. The predicted molar refractivity (Wildman–Crippen MR) is 128 cm³/mol. The summed E-state index contributed by atoms with van der Waals surface area (Å²) in [5.41, 5.74) is 2.44. The minimum atomic E-state index is -0.656. The predicted octanol–water partition coefficient (Wildman–Crippen LogP) is 8.29. The average molecular weight is 443 g/mol. The van der Waals surface area contributed by atoms with Crippen LogP contribution in [0.15, 0.2) is 36.4 Å². The van der Waals surface area contributed by atoms with Gasteiger partial charge < -0.3 is 4.74 Å². The first kappa shape index (κ1) is 23.7. The second-order valence-electron chi connectivity index (χ2n) is 10.4. The molecule has 0 spiro atoms. The number of halogens is 2. The summed E-state index contributed by atoms with van der Waals surface area (Å²) >= 11 is 0. The lowest BCUT2D eigenvalue weighted by atomic mass is 9.71. The molecule has 3 atom stereocenters. The number of ether oxygens (including phenoxy) is 1. The van der Waals surface area contributed by atoms with E-state index >= 15 is 0 Å². The molecule has 4 rings (SSSR count). The van der Waals surface area contributed by atoms with Crippen molar-refractivity contribution in [2.24, 2.45) is 17.8 Å². The van der Waals surface area contributed by atoms with E-state index in [-0.39, 0.29) is 12.0 Å². The molecule has 1 saturated heterocycles. The minimum Gasteiger partial charge on any atom is -0.373 e.